The molecule has 0 saturated heterocycles. The molecule has 0 aromatic carbocycles. The van der Waals surface area contributed by atoms with Crippen molar-refractivity contribution in [1.82, 2.24) is 0 Å². The van der Waals surface area contributed by atoms with Crippen LogP contribution in [0.2, 0.25) is 0 Å². The number of allylic oxidation sites excluding steroid dienone is 1. The van der Waals surface area contributed by atoms with E-state index in [1.165, 1.54) is 6.42 Å². The first kappa shape index (κ1) is 9.70. The molecule has 0 amide bonds. The van der Waals surface area contributed by atoms with Crippen LogP contribution >= 0.6 is 0 Å². The Balaban J connectivity index is 3.48. The first-order valence-electron chi connectivity index (χ1n) is 4.00. The van der Waals surface area contributed by atoms with Crippen molar-refractivity contribution in [3.8, 4) is 0 Å². The largest absolute Gasteiger partial charge is 0.384 e. The quantitative estimate of drug-likeness (QED) is 0.536. The molecule has 0 spiro atoms. The van der Waals surface area contributed by atoms with E-state index in [1.807, 2.05) is 0 Å². The molecule has 0 aromatic rings. The Bertz CT molecular complexity index is 86.7. The second kappa shape index (κ2) is 6.81. The maximum atomic E-state index is 5.04. The summed E-state index contributed by atoms with van der Waals surface area (Å²) in [5.74, 6) is 0.616. The second-order valence-electron chi connectivity index (χ2n) is 2.46. The maximum absolute atomic E-state index is 5.04. The van der Waals surface area contributed by atoms with Crippen molar-refractivity contribution in [3.63, 3.8) is 0 Å². The Hall–Kier alpha value is -0.300. The molecule has 60 valence electrons. The van der Waals surface area contributed by atoms with E-state index in [9.17, 15) is 0 Å². The topological polar surface area (TPSA) is 9.23 Å². The Labute approximate surface area is 64.1 Å². The van der Waals surface area contributed by atoms with E-state index in [-0.39, 0.29) is 0 Å². The summed E-state index contributed by atoms with van der Waals surface area (Å²) in [5, 5.41) is 0. The van der Waals surface area contributed by atoms with Gasteiger partial charge in [0.15, 0.2) is 0 Å². The fraction of sp³-hybridized carbons (Fsp3) is 0.778. The lowest BCUT2D eigenvalue weighted by molar-refractivity contribution is 0.168. The summed E-state index contributed by atoms with van der Waals surface area (Å²) in [4.78, 5) is 0. The van der Waals surface area contributed by atoms with E-state index in [2.05, 4.69) is 26.0 Å². The van der Waals surface area contributed by atoms with Crippen molar-refractivity contribution in [1.29, 1.82) is 0 Å². The average molecular weight is 142 g/mol. The fourth-order valence-electron chi connectivity index (χ4n) is 0.852. The standard InChI is InChI=1S/C9H18O/c1-4-6-7-9(5-2)8-10-3/h6-7,9H,4-5,8H2,1-3H3. The van der Waals surface area contributed by atoms with E-state index in [0.29, 0.717) is 5.92 Å². The van der Waals surface area contributed by atoms with Gasteiger partial charge in [0.2, 0.25) is 0 Å². The van der Waals surface area contributed by atoms with Gasteiger partial charge in [-0.1, -0.05) is 26.0 Å². The molecule has 0 N–H and O–H groups in total. The molecule has 1 atom stereocenters. The molecular weight excluding hydrogens is 124 g/mol. The van der Waals surface area contributed by atoms with Crippen molar-refractivity contribution in [2.45, 2.75) is 26.7 Å². The summed E-state index contributed by atoms with van der Waals surface area (Å²) in [6.07, 6.45) is 6.74. The highest BCUT2D eigenvalue weighted by molar-refractivity contribution is 4.86. The molecular formula is C9H18O. The average Bonchev–Trinajstić information content (AvgIpc) is 1.98. The van der Waals surface area contributed by atoms with Gasteiger partial charge in [-0.2, -0.15) is 0 Å². The second-order valence-corrected chi connectivity index (χ2v) is 2.46. The molecule has 0 saturated carbocycles. The number of rotatable bonds is 5. The molecule has 0 aliphatic heterocycles. The third kappa shape index (κ3) is 4.57. The van der Waals surface area contributed by atoms with Crippen LogP contribution in [0, 0.1) is 5.92 Å². The molecule has 0 radical (unpaired) electrons. The fourth-order valence-corrected chi connectivity index (χ4v) is 0.852. The lowest BCUT2D eigenvalue weighted by Gasteiger charge is -2.06. The minimum absolute atomic E-state index is 0.616. The van der Waals surface area contributed by atoms with Gasteiger partial charge in [-0.3, -0.25) is 0 Å². The van der Waals surface area contributed by atoms with Gasteiger partial charge in [-0.25, -0.2) is 0 Å². The molecule has 0 aromatic heterocycles. The monoisotopic (exact) mass is 142 g/mol. The van der Waals surface area contributed by atoms with Crippen LogP contribution in [0.5, 0.6) is 0 Å². The highest BCUT2D eigenvalue weighted by Crippen LogP contribution is 2.04. The molecule has 0 fully saturated rings. The van der Waals surface area contributed by atoms with Gasteiger partial charge in [0, 0.05) is 7.11 Å². The van der Waals surface area contributed by atoms with Crippen molar-refractivity contribution in [2.24, 2.45) is 5.92 Å². The number of ether oxygens (including phenoxy) is 1. The Morgan fingerprint density at radius 1 is 1.40 bits per heavy atom. The van der Waals surface area contributed by atoms with E-state index in [4.69, 9.17) is 4.74 Å². The zero-order valence-corrected chi connectivity index (χ0v) is 7.26. The van der Waals surface area contributed by atoms with Crippen molar-refractivity contribution in [3.05, 3.63) is 12.2 Å². The molecule has 0 bridgehead atoms. The summed E-state index contributed by atoms with van der Waals surface area (Å²) in [7, 11) is 1.75. The van der Waals surface area contributed by atoms with Crippen molar-refractivity contribution < 1.29 is 4.74 Å². The normalized spacial score (nSPS) is 14.3. The van der Waals surface area contributed by atoms with E-state index < -0.39 is 0 Å². The van der Waals surface area contributed by atoms with Gasteiger partial charge in [0.25, 0.3) is 0 Å². The van der Waals surface area contributed by atoms with Crippen LogP contribution < -0.4 is 0 Å². The molecule has 1 unspecified atom stereocenters. The number of hydrogen-bond donors (Lipinski definition) is 0. The highest BCUT2D eigenvalue weighted by atomic mass is 16.5. The number of methoxy groups -OCH3 is 1. The molecule has 0 aliphatic rings. The molecule has 10 heavy (non-hydrogen) atoms. The predicted molar refractivity (Wildman–Crippen MR) is 45.1 cm³/mol. The molecule has 1 heteroatoms. The zero-order chi connectivity index (χ0) is 7.82. The third-order valence-electron chi connectivity index (χ3n) is 1.55. The maximum Gasteiger partial charge on any atom is 0.0524 e. The highest BCUT2D eigenvalue weighted by Gasteiger charge is 1.98. The minimum Gasteiger partial charge on any atom is -0.384 e. The first-order chi connectivity index (χ1) is 4.85. The summed E-state index contributed by atoms with van der Waals surface area (Å²) in [6.45, 7) is 5.19. The van der Waals surface area contributed by atoms with Crippen LogP contribution in [0.3, 0.4) is 0 Å². The Morgan fingerprint density at radius 3 is 2.50 bits per heavy atom. The van der Waals surface area contributed by atoms with Crippen LogP contribution in [-0.2, 0) is 4.74 Å². The Kier molecular flexibility index (Phi) is 6.61. The summed E-state index contributed by atoms with van der Waals surface area (Å²) in [5.41, 5.74) is 0. The van der Waals surface area contributed by atoms with Gasteiger partial charge in [-0.05, 0) is 18.8 Å². The molecule has 1 nitrogen and oxygen atoms in total. The van der Waals surface area contributed by atoms with Gasteiger partial charge < -0.3 is 4.74 Å². The third-order valence-corrected chi connectivity index (χ3v) is 1.55. The summed E-state index contributed by atoms with van der Waals surface area (Å²) < 4.78 is 5.04. The van der Waals surface area contributed by atoms with Gasteiger partial charge in [-0.15, -0.1) is 0 Å². The predicted octanol–water partition coefficient (Wildman–Crippen LogP) is 2.63. The molecule has 0 rings (SSSR count). The van der Waals surface area contributed by atoms with Crippen LogP contribution in [0.4, 0.5) is 0 Å². The van der Waals surface area contributed by atoms with E-state index >= 15 is 0 Å². The lowest BCUT2D eigenvalue weighted by atomic mass is 10.1. The number of hydrogen-bond acceptors (Lipinski definition) is 1. The Morgan fingerprint density at radius 2 is 2.10 bits per heavy atom. The lowest BCUT2D eigenvalue weighted by Crippen LogP contribution is -2.02. The van der Waals surface area contributed by atoms with E-state index in [0.717, 1.165) is 13.0 Å². The van der Waals surface area contributed by atoms with Gasteiger partial charge >= 0.3 is 0 Å². The van der Waals surface area contributed by atoms with Crippen LogP contribution in [0.25, 0.3) is 0 Å². The van der Waals surface area contributed by atoms with Crippen LogP contribution in [-0.4, -0.2) is 13.7 Å². The molecule has 0 aliphatic carbocycles. The van der Waals surface area contributed by atoms with Gasteiger partial charge in [0.05, 0.1) is 6.61 Å². The summed E-state index contributed by atoms with van der Waals surface area (Å²) in [6, 6.07) is 0. The van der Waals surface area contributed by atoms with Crippen molar-refractivity contribution in [2.75, 3.05) is 13.7 Å². The van der Waals surface area contributed by atoms with Gasteiger partial charge in [0.1, 0.15) is 0 Å². The first-order valence-corrected chi connectivity index (χ1v) is 4.00. The van der Waals surface area contributed by atoms with Crippen molar-refractivity contribution >= 4 is 0 Å². The minimum atomic E-state index is 0.616. The van der Waals surface area contributed by atoms with E-state index in [1.54, 1.807) is 7.11 Å². The SMILES string of the molecule is CCC=CC(CC)COC. The zero-order valence-electron chi connectivity index (χ0n) is 7.26. The van der Waals surface area contributed by atoms with Crippen LogP contribution in [0.1, 0.15) is 26.7 Å². The summed E-state index contributed by atoms with van der Waals surface area (Å²) >= 11 is 0. The van der Waals surface area contributed by atoms with Crippen LogP contribution in [0.15, 0.2) is 12.2 Å². The molecule has 0 heterocycles. The smallest absolute Gasteiger partial charge is 0.0524 e.